The molecule has 5 heteroatoms. The number of aromatic nitrogens is 2. The zero-order chi connectivity index (χ0) is 17.2. The summed E-state index contributed by atoms with van der Waals surface area (Å²) in [5.41, 5.74) is 2.43. The minimum Gasteiger partial charge on any atom is -0.343 e. The first-order valence-electron chi connectivity index (χ1n) is 8.19. The minimum absolute atomic E-state index is 0.152. The maximum absolute atomic E-state index is 12.8. The topological polar surface area (TPSA) is 68.0 Å². The first-order chi connectivity index (χ1) is 11.6. The van der Waals surface area contributed by atoms with Gasteiger partial charge in [-0.25, -0.2) is 4.98 Å². The molecule has 3 aromatic rings. The van der Waals surface area contributed by atoms with Gasteiger partial charge in [-0.3, -0.25) is 4.79 Å². The molecule has 124 valence electrons. The molecule has 5 nitrogen and oxygen atoms in total. The van der Waals surface area contributed by atoms with E-state index in [1.54, 1.807) is 6.07 Å². The van der Waals surface area contributed by atoms with E-state index in [0.29, 0.717) is 11.3 Å². The second-order valence-corrected chi connectivity index (χ2v) is 6.07. The van der Waals surface area contributed by atoms with Crippen molar-refractivity contribution in [3.05, 3.63) is 59.4 Å². The normalized spacial score (nSPS) is 13.6. The van der Waals surface area contributed by atoms with E-state index < -0.39 is 5.54 Å². The zero-order valence-electron chi connectivity index (χ0n) is 14.2. The van der Waals surface area contributed by atoms with Crippen LogP contribution in [-0.2, 0) is 12.0 Å². The van der Waals surface area contributed by atoms with E-state index in [-0.39, 0.29) is 5.91 Å². The van der Waals surface area contributed by atoms with Crippen LogP contribution in [0, 0.1) is 0 Å². The van der Waals surface area contributed by atoms with Gasteiger partial charge in [0.15, 0.2) is 0 Å². The third kappa shape index (κ3) is 2.89. The van der Waals surface area contributed by atoms with Crippen molar-refractivity contribution in [1.82, 2.24) is 15.5 Å². The first kappa shape index (κ1) is 16.2. The molecule has 0 fully saturated rings. The van der Waals surface area contributed by atoms with E-state index in [1.165, 1.54) is 6.20 Å². The summed E-state index contributed by atoms with van der Waals surface area (Å²) in [7, 11) is 0. The van der Waals surface area contributed by atoms with Crippen LogP contribution in [0.25, 0.3) is 11.1 Å². The molecule has 0 aliphatic carbocycles. The Balaban J connectivity index is 1.91. The third-order valence-corrected chi connectivity index (χ3v) is 4.51. The molecule has 0 bridgehead atoms. The van der Waals surface area contributed by atoms with Crippen LogP contribution in [-0.4, -0.2) is 16.0 Å². The number of nitrogens with zero attached hydrogens (tertiary/aromatic N) is 2. The summed E-state index contributed by atoms with van der Waals surface area (Å²) in [6.07, 6.45) is 3.05. The number of amides is 1. The molecule has 1 aromatic carbocycles. The highest BCUT2D eigenvalue weighted by Gasteiger charge is 2.27. The van der Waals surface area contributed by atoms with Gasteiger partial charge in [0.25, 0.3) is 11.6 Å². The lowest BCUT2D eigenvalue weighted by molar-refractivity contribution is 0.0902. The van der Waals surface area contributed by atoms with Crippen LogP contribution in [0.2, 0.25) is 0 Å². The van der Waals surface area contributed by atoms with Gasteiger partial charge in [-0.2, -0.15) is 0 Å². The lowest BCUT2D eigenvalue weighted by Crippen LogP contribution is -2.43. The molecular formula is C19H21N3O2. The molecule has 0 aliphatic rings. The number of hydrogen-bond acceptors (Lipinski definition) is 4. The van der Waals surface area contributed by atoms with E-state index in [0.717, 1.165) is 29.5 Å². The van der Waals surface area contributed by atoms with Crippen molar-refractivity contribution in [1.29, 1.82) is 0 Å². The molecule has 1 unspecified atom stereocenters. The number of rotatable bonds is 5. The Bertz CT molecular complexity index is 857. The predicted molar refractivity (Wildman–Crippen MR) is 92.7 cm³/mol. The van der Waals surface area contributed by atoms with Crippen molar-refractivity contribution < 1.29 is 9.32 Å². The van der Waals surface area contributed by atoms with Gasteiger partial charge < -0.3 is 9.84 Å². The van der Waals surface area contributed by atoms with Crippen LogP contribution >= 0.6 is 0 Å². The average molecular weight is 323 g/mol. The lowest BCUT2D eigenvalue weighted by atomic mass is 9.89. The summed E-state index contributed by atoms with van der Waals surface area (Å²) < 4.78 is 5.17. The van der Waals surface area contributed by atoms with Gasteiger partial charge in [0.2, 0.25) is 0 Å². The Morgan fingerprint density at radius 2 is 2.00 bits per heavy atom. The Hall–Kier alpha value is -2.69. The van der Waals surface area contributed by atoms with Crippen molar-refractivity contribution in [3.63, 3.8) is 0 Å². The molecule has 0 saturated carbocycles. The van der Waals surface area contributed by atoms with Crippen LogP contribution in [0.5, 0.6) is 0 Å². The monoisotopic (exact) mass is 323 g/mol. The van der Waals surface area contributed by atoms with Crippen molar-refractivity contribution in [2.24, 2.45) is 0 Å². The first-order valence-corrected chi connectivity index (χ1v) is 8.19. The van der Waals surface area contributed by atoms with Gasteiger partial charge in [0.05, 0.1) is 22.2 Å². The van der Waals surface area contributed by atoms with Gasteiger partial charge in [0, 0.05) is 6.20 Å². The predicted octanol–water partition coefficient (Wildman–Crippen LogP) is 3.84. The number of carbonyl (C=O) groups is 1. The third-order valence-electron chi connectivity index (χ3n) is 4.51. The van der Waals surface area contributed by atoms with Crippen LogP contribution < -0.4 is 5.32 Å². The molecule has 0 aliphatic heterocycles. The molecule has 24 heavy (non-hydrogen) atoms. The summed E-state index contributed by atoms with van der Waals surface area (Å²) in [6, 6.07) is 11.8. The van der Waals surface area contributed by atoms with E-state index in [9.17, 15) is 4.79 Å². The number of hydrogen-bond donors (Lipinski definition) is 1. The Morgan fingerprint density at radius 3 is 2.67 bits per heavy atom. The van der Waals surface area contributed by atoms with Crippen LogP contribution in [0.1, 0.15) is 48.8 Å². The van der Waals surface area contributed by atoms with E-state index in [4.69, 9.17) is 4.52 Å². The van der Waals surface area contributed by atoms with Crippen molar-refractivity contribution in [2.45, 2.75) is 39.2 Å². The molecule has 3 rings (SSSR count). The molecule has 0 spiro atoms. The summed E-state index contributed by atoms with van der Waals surface area (Å²) in [5, 5.41) is 7.92. The molecule has 1 N–H and O–H groups in total. The highest BCUT2D eigenvalue weighted by molar-refractivity contribution is 5.97. The van der Waals surface area contributed by atoms with Crippen molar-refractivity contribution in [3.8, 4) is 0 Å². The SMILES string of the molecule is CCc1noc2ncc(C(=O)NC(C)(CC)c3ccccc3)cc12. The molecule has 0 saturated heterocycles. The van der Waals surface area contributed by atoms with Crippen molar-refractivity contribution in [2.75, 3.05) is 0 Å². The second-order valence-electron chi connectivity index (χ2n) is 6.07. The quantitative estimate of drug-likeness (QED) is 0.774. The van der Waals surface area contributed by atoms with Crippen LogP contribution in [0.15, 0.2) is 47.1 Å². The van der Waals surface area contributed by atoms with Crippen LogP contribution in [0.4, 0.5) is 0 Å². The van der Waals surface area contributed by atoms with Crippen LogP contribution in [0.3, 0.4) is 0 Å². The summed E-state index contributed by atoms with van der Waals surface area (Å²) in [6.45, 7) is 6.08. The fourth-order valence-electron chi connectivity index (χ4n) is 2.75. The minimum atomic E-state index is -0.435. The lowest BCUT2D eigenvalue weighted by Gasteiger charge is -2.30. The van der Waals surface area contributed by atoms with Crippen molar-refractivity contribution >= 4 is 17.0 Å². The summed E-state index contributed by atoms with van der Waals surface area (Å²) in [4.78, 5) is 17.0. The molecule has 0 radical (unpaired) electrons. The Morgan fingerprint density at radius 1 is 1.25 bits per heavy atom. The van der Waals surface area contributed by atoms with E-state index in [2.05, 4.69) is 22.4 Å². The number of aryl methyl sites for hydroxylation is 1. The zero-order valence-corrected chi connectivity index (χ0v) is 14.2. The molecule has 2 heterocycles. The fourth-order valence-corrected chi connectivity index (χ4v) is 2.75. The fraction of sp³-hybridized carbons (Fsp3) is 0.316. The summed E-state index contributed by atoms with van der Waals surface area (Å²) >= 11 is 0. The van der Waals surface area contributed by atoms with Gasteiger partial charge in [0.1, 0.15) is 0 Å². The van der Waals surface area contributed by atoms with E-state index in [1.807, 2.05) is 44.2 Å². The second kappa shape index (κ2) is 6.43. The number of nitrogens with one attached hydrogen (secondary N) is 1. The number of benzene rings is 1. The highest BCUT2D eigenvalue weighted by Crippen LogP contribution is 2.25. The smallest absolute Gasteiger partial charge is 0.257 e. The number of carbonyl (C=O) groups excluding carboxylic acids is 1. The number of pyridine rings is 1. The Labute approximate surface area is 141 Å². The number of fused-ring (bicyclic) bond motifs is 1. The van der Waals surface area contributed by atoms with Gasteiger partial charge in [-0.05, 0) is 31.4 Å². The van der Waals surface area contributed by atoms with Gasteiger partial charge in [-0.15, -0.1) is 0 Å². The largest absolute Gasteiger partial charge is 0.343 e. The van der Waals surface area contributed by atoms with E-state index >= 15 is 0 Å². The summed E-state index contributed by atoms with van der Waals surface area (Å²) in [5.74, 6) is -0.152. The molecule has 2 aromatic heterocycles. The maximum Gasteiger partial charge on any atom is 0.257 e. The highest BCUT2D eigenvalue weighted by atomic mass is 16.5. The van der Waals surface area contributed by atoms with Gasteiger partial charge in [-0.1, -0.05) is 49.3 Å². The van der Waals surface area contributed by atoms with Gasteiger partial charge >= 0.3 is 0 Å². The maximum atomic E-state index is 12.8. The molecular weight excluding hydrogens is 302 g/mol. The Kier molecular flexibility index (Phi) is 4.34. The molecule has 1 atom stereocenters. The standard InChI is InChI=1S/C19H21N3O2/c1-4-16-15-11-13(12-20-18(15)24-22-16)17(23)21-19(3,5-2)14-9-7-6-8-10-14/h6-12H,4-5H2,1-3H3,(H,21,23). The molecule has 1 amide bonds. The average Bonchev–Trinajstić information content (AvgIpc) is 3.04.